The van der Waals surface area contributed by atoms with Gasteiger partial charge in [0.2, 0.25) is 0 Å². The van der Waals surface area contributed by atoms with Crippen molar-refractivity contribution in [2.75, 3.05) is 6.61 Å². The Bertz CT molecular complexity index is 338. The molecule has 0 saturated carbocycles. The topological polar surface area (TPSA) is 35.2 Å². The summed E-state index contributed by atoms with van der Waals surface area (Å²) in [5.41, 5.74) is 7.26. The monoisotopic (exact) mass is 263 g/mol. The Morgan fingerprint density at radius 1 is 1.11 bits per heavy atom. The third-order valence-corrected chi connectivity index (χ3v) is 3.44. The van der Waals surface area contributed by atoms with Gasteiger partial charge in [0.15, 0.2) is 0 Å². The van der Waals surface area contributed by atoms with Crippen molar-refractivity contribution >= 4 is 0 Å². The average molecular weight is 263 g/mol. The van der Waals surface area contributed by atoms with Gasteiger partial charge in [0, 0.05) is 6.04 Å². The third kappa shape index (κ3) is 7.22. The second-order valence-electron chi connectivity index (χ2n) is 5.28. The van der Waals surface area contributed by atoms with E-state index in [0.717, 1.165) is 31.6 Å². The summed E-state index contributed by atoms with van der Waals surface area (Å²) in [6.45, 7) is 5.19. The van der Waals surface area contributed by atoms with Crippen LogP contribution in [0.5, 0.6) is 5.75 Å². The molecule has 0 aromatic heterocycles. The molecule has 0 aliphatic rings. The molecule has 2 nitrogen and oxygen atoms in total. The Morgan fingerprint density at radius 3 is 2.63 bits per heavy atom. The number of nitrogens with two attached hydrogens (primary N) is 1. The molecule has 2 N–H and O–H groups in total. The van der Waals surface area contributed by atoms with E-state index in [1.807, 2.05) is 6.07 Å². The van der Waals surface area contributed by atoms with E-state index in [9.17, 15) is 0 Å². The third-order valence-electron chi connectivity index (χ3n) is 3.44. The summed E-state index contributed by atoms with van der Waals surface area (Å²) in [6.07, 6.45) is 8.33. The highest BCUT2D eigenvalue weighted by atomic mass is 16.5. The minimum atomic E-state index is 0.254. The molecule has 0 fully saturated rings. The molecule has 0 amide bonds. The van der Waals surface area contributed by atoms with E-state index in [1.165, 1.54) is 31.2 Å². The maximum Gasteiger partial charge on any atom is 0.119 e. The van der Waals surface area contributed by atoms with E-state index in [-0.39, 0.29) is 6.04 Å². The van der Waals surface area contributed by atoms with Crippen LogP contribution in [0.25, 0.3) is 0 Å². The lowest BCUT2D eigenvalue weighted by Gasteiger charge is -2.11. The van der Waals surface area contributed by atoms with Crippen LogP contribution in [0.15, 0.2) is 24.3 Å². The summed E-state index contributed by atoms with van der Waals surface area (Å²) < 4.78 is 5.80. The summed E-state index contributed by atoms with van der Waals surface area (Å²) in [7, 11) is 0. The van der Waals surface area contributed by atoms with Gasteiger partial charge in [0.1, 0.15) is 5.75 Å². The fourth-order valence-electron chi connectivity index (χ4n) is 2.10. The molecule has 108 valence electrons. The van der Waals surface area contributed by atoms with Gasteiger partial charge in [-0.3, -0.25) is 0 Å². The normalized spacial score (nSPS) is 12.4. The smallest absolute Gasteiger partial charge is 0.119 e. The van der Waals surface area contributed by atoms with Gasteiger partial charge in [0.25, 0.3) is 0 Å². The number of rotatable bonds is 10. The van der Waals surface area contributed by atoms with Crippen LogP contribution in [-0.4, -0.2) is 12.6 Å². The Labute approximate surface area is 118 Å². The molecule has 0 aliphatic heterocycles. The van der Waals surface area contributed by atoms with Gasteiger partial charge in [-0.15, -0.1) is 0 Å². The Hall–Kier alpha value is -1.02. The first-order valence-corrected chi connectivity index (χ1v) is 7.73. The predicted octanol–water partition coefficient (Wildman–Crippen LogP) is 4.32. The van der Waals surface area contributed by atoms with Crippen LogP contribution in [0.3, 0.4) is 0 Å². The molecule has 0 spiro atoms. The lowest BCUT2D eigenvalue weighted by Crippen LogP contribution is -2.21. The zero-order valence-corrected chi connectivity index (χ0v) is 12.5. The van der Waals surface area contributed by atoms with Crippen LogP contribution in [0.4, 0.5) is 0 Å². The maximum atomic E-state index is 5.98. The molecule has 1 aromatic rings. The largest absolute Gasteiger partial charge is 0.494 e. The van der Waals surface area contributed by atoms with Gasteiger partial charge < -0.3 is 10.5 Å². The summed E-state index contributed by atoms with van der Waals surface area (Å²) >= 11 is 0. The summed E-state index contributed by atoms with van der Waals surface area (Å²) in [5.74, 6) is 0.983. The molecule has 0 aliphatic carbocycles. The fraction of sp³-hybridized carbons (Fsp3) is 0.647. The van der Waals surface area contributed by atoms with Crippen molar-refractivity contribution in [1.82, 2.24) is 0 Å². The molecule has 1 atom stereocenters. The molecule has 0 heterocycles. The highest BCUT2D eigenvalue weighted by molar-refractivity contribution is 5.29. The van der Waals surface area contributed by atoms with Crippen molar-refractivity contribution in [2.24, 2.45) is 5.73 Å². The molecule has 0 bridgehead atoms. The van der Waals surface area contributed by atoms with E-state index in [1.54, 1.807) is 0 Å². The van der Waals surface area contributed by atoms with Crippen molar-refractivity contribution in [2.45, 2.75) is 64.8 Å². The maximum absolute atomic E-state index is 5.98. The van der Waals surface area contributed by atoms with Gasteiger partial charge in [-0.05, 0) is 37.0 Å². The molecule has 1 aromatic carbocycles. The van der Waals surface area contributed by atoms with Crippen LogP contribution in [0.2, 0.25) is 0 Å². The van der Waals surface area contributed by atoms with Gasteiger partial charge in [-0.1, -0.05) is 51.7 Å². The number of ether oxygens (including phenoxy) is 1. The first-order valence-electron chi connectivity index (χ1n) is 7.73. The molecule has 0 saturated heterocycles. The SMILES string of the molecule is CCCCCCCOc1cccc(CC(N)CC)c1. The van der Waals surface area contributed by atoms with Gasteiger partial charge >= 0.3 is 0 Å². The molecule has 1 unspecified atom stereocenters. The summed E-state index contributed by atoms with van der Waals surface area (Å²) in [5, 5.41) is 0. The highest BCUT2D eigenvalue weighted by Crippen LogP contribution is 2.15. The lowest BCUT2D eigenvalue weighted by molar-refractivity contribution is 0.304. The first-order chi connectivity index (χ1) is 9.26. The standard InChI is InChI=1S/C17H29NO/c1-3-5-6-7-8-12-19-17-11-9-10-15(14-17)13-16(18)4-2/h9-11,14,16H,3-8,12-13,18H2,1-2H3. The van der Waals surface area contributed by atoms with E-state index < -0.39 is 0 Å². The molecule has 1 rings (SSSR count). The summed E-state index contributed by atoms with van der Waals surface area (Å²) in [4.78, 5) is 0. The van der Waals surface area contributed by atoms with E-state index in [2.05, 4.69) is 32.0 Å². The van der Waals surface area contributed by atoms with Crippen LogP contribution in [0, 0.1) is 0 Å². The van der Waals surface area contributed by atoms with Crippen molar-refractivity contribution < 1.29 is 4.74 Å². The molecule has 2 heteroatoms. The number of hydrogen-bond acceptors (Lipinski definition) is 2. The fourth-order valence-corrected chi connectivity index (χ4v) is 2.10. The van der Waals surface area contributed by atoms with Crippen molar-refractivity contribution in [3.8, 4) is 5.75 Å². The van der Waals surface area contributed by atoms with E-state index >= 15 is 0 Å². The molecular weight excluding hydrogens is 234 g/mol. The zero-order valence-electron chi connectivity index (χ0n) is 12.5. The van der Waals surface area contributed by atoms with Crippen molar-refractivity contribution in [1.29, 1.82) is 0 Å². The second-order valence-corrected chi connectivity index (χ2v) is 5.28. The minimum Gasteiger partial charge on any atom is -0.494 e. The number of unbranched alkanes of at least 4 members (excludes halogenated alkanes) is 4. The van der Waals surface area contributed by atoms with Crippen LogP contribution in [-0.2, 0) is 6.42 Å². The van der Waals surface area contributed by atoms with E-state index in [0.29, 0.717) is 0 Å². The average Bonchev–Trinajstić information content (AvgIpc) is 2.43. The quantitative estimate of drug-likeness (QED) is 0.638. The van der Waals surface area contributed by atoms with Gasteiger partial charge in [0.05, 0.1) is 6.61 Å². The van der Waals surface area contributed by atoms with Crippen LogP contribution >= 0.6 is 0 Å². The summed E-state index contributed by atoms with van der Waals surface area (Å²) in [6, 6.07) is 8.60. The van der Waals surface area contributed by atoms with Crippen LogP contribution in [0.1, 0.15) is 57.9 Å². The predicted molar refractivity (Wildman–Crippen MR) is 82.7 cm³/mol. The molecule has 0 radical (unpaired) electrons. The Kier molecular flexibility index (Phi) is 8.31. The van der Waals surface area contributed by atoms with Gasteiger partial charge in [-0.2, -0.15) is 0 Å². The molecule has 19 heavy (non-hydrogen) atoms. The van der Waals surface area contributed by atoms with Crippen LogP contribution < -0.4 is 10.5 Å². The highest BCUT2D eigenvalue weighted by Gasteiger charge is 2.02. The zero-order chi connectivity index (χ0) is 13.9. The van der Waals surface area contributed by atoms with Gasteiger partial charge in [-0.25, -0.2) is 0 Å². The lowest BCUT2D eigenvalue weighted by atomic mass is 10.0. The number of benzene rings is 1. The van der Waals surface area contributed by atoms with Crippen molar-refractivity contribution in [3.63, 3.8) is 0 Å². The molecular formula is C17H29NO. The number of hydrogen-bond donors (Lipinski definition) is 1. The Balaban J connectivity index is 2.28. The minimum absolute atomic E-state index is 0.254. The second kappa shape index (κ2) is 9.85. The Morgan fingerprint density at radius 2 is 1.89 bits per heavy atom. The van der Waals surface area contributed by atoms with E-state index in [4.69, 9.17) is 10.5 Å². The first kappa shape index (κ1) is 16.0. The van der Waals surface area contributed by atoms with Crippen molar-refractivity contribution in [3.05, 3.63) is 29.8 Å².